The average Bonchev–Trinajstić information content (AvgIpc) is 2.99. The van der Waals surface area contributed by atoms with Crippen molar-refractivity contribution < 1.29 is 4.52 Å². The molecule has 0 saturated heterocycles. The maximum Gasteiger partial charge on any atom is 0.258 e. The Morgan fingerprint density at radius 3 is 2.74 bits per heavy atom. The van der Waals surface area contributed by atoms with Gasteiger partial charge in [0.25, 0.3) is 5.89 Å². The molecule has 2 aromatic heterocycles. The highest BCUT2D eigenvalue weighted by atomic mass is 35.5. The lowest BCUT2D eigenvalue weighted by atomic mass is 9.98. The normalized spacial score (nSPS) is 17.2. The highest BCUT2D eigenvalue weighted by Gasteiger charge is 2.36. The first-order valence-corrected chi connectivity index (χ1v) is 6.23. The predicted octanol–water partition coefficient (Wildman–Crippen LogP) is 2.59. The fraction of sp³-hybridized carbons (Fsp3) is 0.462. The van der Waals surface area contributed by atoms with Gasteiger partial charge in [-0.05, 0) is 31.4 Å². The molecule has 2 N–H and O–H groups in total. The van der Waals surface area contributed by atoms with E-state index in [9.17, 15) is 0 Å². The summed E-state index contributed by atoms with van der Waals surface area (Å²) in [6, 6.07) is 1.88. The zero-order chi connectivity index (χ0) is 12.6. The second-order valence-corrected chi connectivity index (χ2v) is 4.98. The first-order chi connectivity index (χ1) is 8.69. The largest absolute Gasteiger partial charge is 0.334 e. The molecule has 0 unspecified atom stereocenters. The molecular weight excluding hydrogens is 264 g/mol. The minimum absolute atomic E-state index is 0. The molecule has 1 fully saturated rings. The third-order valence-electron chi connectivity index (χ3n) is 3.62. The Morgan fingerprint density at radius 1 is 1.32 bits per heavy atom. The van der Waals surface area contributed by atoms with Crippen LogP contribution in [0.3, 0.4) is 0 Å². The lowest BCUT2D eigenvalue weighted by Gasteiger charge is -2.17. The molecule has 0 aliphatic heterocycles. The molecule has 0 radical (unpaired) electrons. The molecule has 1 saturated carbocycles. The van der Waals surface area contributed by atoms with Crippen molar-refractivity contribution in [2.45, 2.75) is 38.1 Å². The van der Waals surface area contributed by atoms with Gasteiger partial charge in [0, 0.05) is 18.0 Å². The molecule has 5 nitrogen and oxygen atoms in total. The Balaban J connectivity index is 0.00000133. The van der Waals surface area contributed by atoms with E-state index in [-0.39, 0.29) is 12.4 Å². The lowest BCUT2D eigenvalue weighted by Crippen LogP contribution is -2.34. The van der Waals surface area contributed by atoms with Gasteiger partial charge in [0.1, 0.15) is 0 Å². The van der Waals surface area contributed by atoms with E-state index < -0.39 is 5.54 Å². The summed E-state index contributed by atoms with van der Waals surface area (Å²) in [7, 11) is 0. The summed E-state index contributed by atoms with van der Waals surface area (Å²) in [5.74, 6) is 1.16. The van der Waals surface area contributed by atoms with E-state index in [1.165, 1.54) is 0 Å². The molecule has 1 aliphatic carbocycles. The number of pyridine rings is 1. The van der Waals surface area contributed by atoms with Crippen molar-refractivity contribution in [3.63, 3.8) is 0 Å². The zero-order valence-electron chi connectivity index (χ0n) is 10.8. The van der Waals surface area contributed by atoms with Crippen LogP contribution in [-0.4, -0.2) is 15.1 Å². The highest BCUT2D eigenvalue weighted by Crippen LogP contribution is 2.35. The van der Waals surface area contributed by atoms with Crippen LogP contribution in [0.5, 0.6) is 0 Å². The third kappa shape index (κ3) is 2.48. The molecule has 1 aliphatic rings. The van der Waals surface area contributed by atoms with Crippen molar-refractivity contribution >= 4 is 12.4 Å². The van der Waals surface area contributed by atoms with E-state index in [2.05, 4.69) is 15.1 Å². The molecule has 0 atom stereocenters. The Bertz CT molecular complexity index is 563. The Hall–Kier alpha value is -1.46. The molecule has 6 heteroatoms. The summed E-state index contributed by atoms with van der Waals surface area (Å²) in [4.78, 5) is 8.52. The van der Waals surface area contributed by atoms with Crippen molar-refractivity contribution in [3.05, 3.63) is 29.8 Å². The molecule has 3 rings (SSSR count). The van der Waals surface area contributed by atoms with Crippen LogP contribution in [0.15, 0.2) is 23.0 Å². The zero-order valence-corrected chi connectivity index (χ0v) is 11.6. The molecule has 102 valence electrons. The number of rotatable bonds is 2. The van der Waals surface area contributed by atoms with E-state index in [1.54, 1.807) is 12.4 Å². The van der Waals surface area contributed by atoms with Crippen LogP contribution in [0, 0.1) is 6.92 Å². The standard InChI is InChI=1S/C13H16N4O.ClH/c1-9-8-15-7-4-10(9)11-16-12(17-18-11)13(14)5-2-3-6-13;/h4,7-8H,2-3,5-6,14H2,1H3;1H. The van der Waals surface area contributed by atoms with Crippen LogP contribution in [-0.2, 0) is 5.54 Å². The summed E-state index contributed by atoms with van der Waals surface area (Å²) in [6.07, 6.45) is 7.64. The average molecular weight is 281 g/mol. The van der Waals surface area contributed by atoms with E-state index in [1.807, 2.05) is 13.0 Å². The summed E-state index contributed by atoms with van der Waals surface area (Å²) in [6.45, 7) is 1.97. The number of aryl methyl sites for hydroxylation is 1. The summed E-state index contributed by atoms with van der Waals surface area (Å²) >= 11 is 0. The van der Waals surface area contributed by atoms with Crippen LogP contribution in [0.25, 0.3) is 11.5 Å². The van der Waals surface area contributed by atoms with Crippen LogP contribution < -0.4 is 5.73 Å². The second-order valence-electron chi connectivity index (χ2n) is 4.98. The van der Waals surface area contributed by atoms with Crippen molar-refractivity contribution in [1.82, 2.24) is 15.1 Å². The molecule has 2 aromatic rings. The summed E-state index contributed by atoms with van der Waals surface area (Å²) in [5.41, 5.74) is 7.85. The molecule has 0 amide bonds. The first-order valence-electron chi connectivity index (χ1n) is 6.23. The van der Waals surface area contributed by atoms with Crippen molar-refractivity contribution in [3.8, 4) is 11.5 Å². The van der Waals surface area contributed by atoms with Crippen LogP contribution >= 0.6 is 12.4 Å². The van der Waals surface area contributed by atoms with E-state index >= 15 is 0 Å². The number of nitrogens with two attached hydrogens (primary N) is 1. The maximum atomic E-state index is 6.31. The van der Waals surface area contributed by atoms with Gasteiger partial charge >= 0.3 is 0 Å². The Kier molecular flexibility index (Phi) is 3.87. The fourth-order valence-corrected chi connectivity index (χ4v) is 2.48. The van der Waals surface area contributed by atoms with Crippen molar-refractivity contribution in [2.24, 2.45) is 5.73 Å². The minimum Gasteiger partial charge on any atom is -0.334 e. The van der Waals surface area contributed by atoms with E-state index in [4.69, 9.17) is 10.3 Å². The molecule has 0 aromatic carbocycles. The van der Waals surface area contributed by atoms with Crippen LogP contribution in [0.1, 0.15) is 37.1 Å². The Morgan fingerprint density at radius 2 is 2.05 bits per heavy atom. The number of aromatic nitrogens is 3. The molecular formula is C13H17ClN4O. The quantitative estimate of drug-likeness (QED) is 0.915. The fourth-order valence-electron chi connectivity index (χ4n) is 2.48. The van der Waals surface area contributed by atoms with Gasteiger partial charge in [-0.3, -0.25) is 4.98 Å². The first kappa shape index (κ1) is 14.0. The van der Waals surface area contributed by atoms with Crippen LogP contribution in [0.2, 0.25) is 0 Å². The number of nitrogens with zero attached hydrogens (tertiary/aromatic N) is 3. The van der Waals surface area contributed by atoms with Gasteiger partial charge < -0.3 is 10.3 Å². The second kappa shape index (κ2) is 5.27. The Labute approximate surface area is 118 Å². The van der Waals surface area contributed by atoms with Gasteiger partial charge in [-0.2, -0.15) is 4.98 Å². The van der Waals surface area contributed by atoms with Gasteiger partial charge in [0.2, 0.25) is 0 Å². The third-order valence-corrected chi connectivity index (χ3v) is 3.62. The summed E-state index contributed by atoms with van der Waals surface area (Å²) < 4.78 is 5.34. The smallest absolute Gasteiger partial charge is 0.258 e. The SMILES string of the molecule is Cc1cnccc1-c1nc(C2(N)CCCC2)no1.Cl. The highest BCUT2D eigenvalue weighted by molar-refractivity contribution is 5.85. The minimum atomic E-state index is -0.400. The van der Waals surface area contributed by atoms with Gasteiger partial charge in [0.15, 0.2) is 5.82 Å². The monoisotopic (exact) mass is 280 g/mol. The number of hydrogen-bond acceptors (Lipinski definition) is 5. The molecule has 0 spiro atoms. The molecule has 19 heavy (non-hydrogen) atoms. The van der Waals surface area contributed by atoms with Crippen LogP contribution in [0.4, 0.5) is 0 Å². The summed E-state index contributed by atoms with van der Waals surface area (Å²) in [5, 5.41) is 4.06. The van der Waals surface area contributed by atoms with Gasteiger partial charge in [-0.1, -0.05) is 18.0 Å². The topological polar surface area (TPSA) is 77.8 Å². The van der Waals surface area contributed by atoms with E-state index in [0.29, 0.717) is 11.7 Å². The van der Waals surface area contributed by atoms with E-state index in [0.717, 1.165) is 36.8 Å². The predicted molar refractivity (Wildman–Crippen MR) is 73.8 cm³/mol. The lowest BCUT2D eigenvalue weighted by molar-refractivity contribution is 0.372. The maximum absolute atomic E-state index is 6.31. The van der Waals surface area contributed by atoms with Gasteiger partial charge in [0.05, 0.1) is 5.54 Å². The van der Waals surface area contributed by atoms with Crippen molar-refractivity contribution in [1.29, 1.82) is 0 Å². The number of halogens is 1. The van der Waals surface area contributed by atoms with Gasteiger partial charge in [-0.15, -0.1) is 12.4 Å². The van der Waals surface area contributed by atoms with Gasteiger partial charge in [-0.25, -0.2) is 0 Å². The van der Waals surface area contributed by atoms with Crippen molar-refractivity contribution in [2.75, 3.05) is 0 Å². The molecule has 2 heterocycles. The number of hydrogen-bond donors (Lipinski definition) is 1. The molecule has 0 bridgehead atoms.